The van der Waals surface area contributed by atoms with E-state index in [2.05, 4.69) is 17.9 Å². The van der Waals surface area contributed by atoms with Crippen LogP contribution in [-0.2, 0) is 0 Å². The number of fused-ring (bicyclic) bond motifs is 1. The summed E-state index contributed by atoms with van der Waals surface area (Å²) in [5.74, 6) is 0.126. The van der Waals surface area contributed by atoms with Crippen LogP contribution in [0.5, 0.6) is 0 Å². The minimum atomic E-state index is 0.126. The maximum absolute atomic E-state index is 12.9. The molecule has 2 heterocycles. The Morgan fingerprint density at radius 2 is 1.84 bits per heavy atom. The smallest absolute Gasteiger partial charge is 0.263 e. The summed E-state index contributed by atoms with van der Waals surface area (Å²) in [5.41, 5.74) is 1.02. The van der Waals surface area contributed by atoms with Gasteiger partial charge in [-0.1, -0.05) is 19.1 Å². The van der Waals surface area contributed by atoms with Gasteiger partial charge in [0.1, 0.15) is 5.01 Å². The highest BCUT2D eigenvalue weighted by molar-refractivity contribution is 7.26. The fourth-order valence-electron chi connectivity index (χ4n) is 2.61. The zero-order valence-electron chi connectivity index (χ0n) is 14.9. The SMILES string of the molecule is CCCN(CCN(C)C)C(=O)c1ccc(-c2nc3ccccc3s2)s1. The highest BCUT2D eigenvalue weighted by Crippen LogP contribution is 2.34. The maximum Gasteiger partial charge on any atom is 0.263 e. The summed E-state index contributed by atoms with van der Waals surface area (Å²) >= 11 is 3.22. The summed E-state index contributed by atoms with van der Waals surface area (Å²) in [6.07, 6.45) is 0.968. The molecule has 0 radical (unpaired) electrons. The van der Waals surface area contributed by atoms with Crippen molar-refractivity contribution in [2.45, 2.75) is 13.3 Å². The average molecular weight is 374 g/mol. The van der Waals surface area contributed by atoms with Crippen LogP contribution in [0.1, 0.15) is 23.0 Å². The molecular weight excluding hydrogens is 350 g/mol. The van der Waals surface area contributed by atoms with E-state index in [1.807, 2.05) is 49.3 Å². The van der Waals surface area contributed by atoms with Crippen molar-refractivity contribution in [3.05, 3.63) is 41.3 Å². The number of nitrogens with zero attached hydrogens (tertiary/aromatic N) is 3. The summed E-state index contributed by atoms with van der Waals surface area (Å²) in [4.78, 5) is 23.5. The third-order valence-electron chi connectivity index (χ3n) is 3.92. The number of benzene rings is 1. The molecule has 0 fully saturated rings. The molecule has 25 heavy (non-hydrogen) atoms. The van der Waals surface area contributed by atoms with Gasteiger partial charge in [0.2, 0.25) is 0 Å². The second-order valence-corrected chi connectivity index (χ2v) is 8.36. The van der Waals surface area contributed by atoms with Gasteiger partial charge in [-0.15, -0.1) is 22.7 Å². The van der Waals surface area contributed by atoms with Gasteiger partial charge in [0.25, 0.3) is 5.91 Å². The van der Waals surface area contributed by atoms with Gasteiger partial charge in [-0.3, -0.25) is 4.79 Å². The number of carbonyl (C=O) groups excluding carboxylic acids is 1. The highest BCUT2D eigenvalue weighted by Gasteiger charge is 2.18. The van der Waals surface area contributed by atoms with Gasteiger partial charge in [0, 0.05) is 19.6 Å². The maximum atomic E-state index is 12.9. The number of aromatic nitrogens is 1. The Morgan fingerprint density at radius 3 is 2.56 bits per heavy atom. The molecule has 0 saturated carbocycles. The molecule has 3 aromatic rings. The average Bonchev–Trinajstić information content (AvgIpc) is 3.24. The molecule has 6 heteroatoms. The number of amides is 1. The molecule has 2 aromatic heterocycles. The molecule has 132 valence electrons. The first-order valence-electron chi connectivity index (χ1n) is 8.48. The number of hydrogen-bond acceptors (Lipinski definition) is 5. The van der Waals surface area contributed by atoms with Crippen LogP contribution in [0.15, 0.2) is 36.4 Å². The number of hydrogen-bond donors (Lipinski definition) is 0. The normalized spacial score (nSPS) is 11.4. The van der Waals surface area contributed by atoms with E-state index in [0.29, 0.717) is 0 Å². The number of thiazole rings is 1. The van der Waals surface area contributed by atoms with Crippen molar-refractivity contribution in [1.29, 1.82) is 0 Å². The number of carbonyl (C=O) groups is 1. The van der Waals surface area contributed by atoms with Crippen LogP contribution in [0.4, 0.5) is 0 Å². The van der Waals surface area contributed by atoms with Crippen LogP contribution in [0.3, 0.4) is 0 Å². The third kappa shape index (κ3) is 4.26. The van der Waals surface area contributed by atoms with Gasteiger partial charge in [-0.05, 0) is 44.8 Å². The van der Waals surface area contributed by atoms with Gasteiger partial charge in [0.15, 0.2) is 0 Å². The Bertz CT molecular complexity index is 820. The monoisotopic (exact) mass is 373 g/mol. The Kier molecular flexibility index (Phi) is 5.83. The zero-order chi connectivity index (χ0) is 17.8. The molecule has 0 aliphatic carbocycles. The second-order valence-electron chi connectivity index (χ2n) is 6.25. The van der Waals surface area contributed by atoms with E-state index >= 15 is 0 Å². The summed E-state index contributed by atoms with van der Waals surface area (Å²) in [6, 6.07) is 12.1. The summed E-state index contributed by atoms with van der Waals surface area (Å²) in [7, 11) is 4.07. The lowest BCUT2D eigenvalue weighted by atomic mass is 10.3. The predicted octanol–water partition coefficient (Wildman–Crippen LogP) is 4.44. The van der Waals surface area contributed by atoms with Gasteiger partial charge in [0.05, 0.1) is 20.0 Å². The Hall–Kier alpha value is -1.76. The van der Waals surface area contributed by atoms with E-state index in [1.54, 1.807) is 22.7 Å². The van der Waals surface area contributed by atoms with Crippen molar-refractivity contribution < 1.29 is 4.79 Å². The quantitative estimate of drug-likeness (QED) is 0.614. The summed E-state index contributed by atoms with van der Waals surface area (Å²) in [5, 5.41) is 0.987. The Balaban J connectivity index is 1.80. The van der Waals surface area contributed by atoms with Crippen molar-refractivity contribution in [3.8, 4) is 9.88 Å². The molecule has 1 amide bonds. The fourth-order valence-corrected chi connectivity index (χ4v) is 4.60. The first-order chi connectivity index (χ1) is 12.1. The largest absolute Gasteiger partial charge is 0.337 e. The zero-order valence-corrected chi connectivity index (χ0v) is 16.5. The van der Waals surface area contributed by atoms with Crippen molar-refractivity contribution in [1.82, 2.24) is 14.8 Å². The number of thiophene rings is 1. The molecule has 0 bridgehead atoms. The van der Waals surface area contributed by atoms with Gasteiger partial charge in [-0.2, -0.15) is 0 Å². The summed E-state index contributed by atoms with van der Waals surface area (Å²) in [6.45, 7) is 4.54. The van der Waals surface area contributed by atoms with Crippen molar-refractivity contribution in [2.24, 2.45) is 0 Å². The van der Waals surface area contributed by atoms with Crippen LogP contribution in [-0.4, -0.2) is 54.4 Å². The van der Waals surface area contributed by atoms with Crippen molar-refractivity contribution in [2.75, 3.05) is 33.7 Å². The van der Waals surface area contributed by atoms with Crippen molar-refractivity contribution in [3.63, 3.8) is 0 Å². The minimum Gasteiger partial charge on any atom is -0.337 e. The summed E-state index contributed by atoms with van der Waals surface area (Å²) < 4.78 is 1.18. The van der Waals surface area contributed by atoms with Gasteiger partial charge in [-0.25, -0.2) is 4.98 Å². The molecular formula is C19H23N3OS2. The van der Waals surface area contributed by atoms with E-state index < -0.39 is 0 Å². The predicted molar refractivity (Wildman–Crippen MR) is 108 cm³/mol. The second kappa shape index (κ2) is 8.08. The molecule has 3 rings (SSSR count). The van der Waals surface area contributed by atoms with Crippen LogP contribution < -0.4 is 0 Å². The van der Waals surface area contributed by atoms with Crippen LogP contribution in [0, 0.1) is 0 Å². The molecule has 0 N–H and O–H groups in total. The lowest BCUT2D eigenvalue weighted by Crippen LogP contribution is -2.36. The Labute approximate surface area is 156 Å². The van der Waals surface area contributed by atoms with E-state index in [0.717, 1.165) is 46.3 Å². The lowest BCUT2D eigenvalue weighted by molar-refractivity contribution is 0.0750. The van der Waals surface area contributed by atoms with Crippen molar-refractivity contribution >= 4 is 38.8 Å². The standard InChI is InChI=1S/C19H23N3OS2/c1-4-11-22(13-12-21(2)3)19(23)17-10-9-16(24-17)18-20-14-7-5-6-8-15(14)25-18/h5-10H,4,11-13H2,1-3H3. The van der Waals surface area contributed by atoms with Gasteiger partial charge >= 0.3 is 0 Å². The van der Waals surface area contributed by atoms with E-state index in [9.17, 15) is 4.79 Å². The Morgan fingerprint density at radius 1 is 1.04 bits per heavy atom. The number of likely N-dealkylation sites (N-methyl/N-ethyl adjacent to an activating group) is 1. The number of para-hydroxylation sites is 1. The van der Waals surface area contributed by atoms with Gasteiger partial charge < -0.3 is 9.80 Å². The first kappa shape index (κ1) is 18.0. The molecule has 1 aromatic carbocycles. The lowest BCUT2D eigenvalue weighted by Gasteiger charge is -2.23. The fraction of sp³-hybridized carbons (Fsp3) is 0.368. The molecule has 0 atom stereocenters. The molecule has 0 aliphatic heterocycles. The highest BCUT2D eigenvalue weighted by atomic mass is 32.1. The minimum absolute atomic E-state index is 0.126. The van der Waals surface area contributed by atoms with E-state index in [4.69, 9.17) is 4.98 Å². The molecule has 0 saturated heterocycles. The molecule has 0 unspecified atom stereocenters. The van der Waals surface area contributed by atoms with E-state index in [1.165, 1.54) is 4.70 Å². The van der Waals surface area contributed by atoms with E-state index in [-0.39, 0.29) is 5.91 Å². The number of rotatable bonds is 7. The molecule has 4 nitrogen and oxygen atoms in total. The third-order valence-corrected chi connectivity index (χ3v) is 6.20. The van der Waals surface area contributed by atoms with Crippen LogP contribution in [0.2, 0.25) is 0 Å². The first-order valence-corrected chi connectivity index (χ1v) is 10.1. The topological polar surface area (TPSA) is 36.4 Å². The van der Waals surface area contributed by atoms with Crippen LogP contribution >= 0.6 is 22.7 Å². The van der Waals surface area contributed by atoms with Crippen LogP contribution in [0.25, 0.3) is 20.1 Å². The molecule has 0 spiro atoms. The molecule has 0 aliphatic rings.